The van der Waals surface area contributed by atoms with Gasteiger partial charge < -0.3 is 10.1 Å². The van der Waals surface area contributed by atoms with E-state index in [0.717, 1.165) is 28.8 Å². The van der Waals surface area contributed by atoms with Crippen LogP contribution in [0.2, 0.25) is 0 Å². The molecule has 0 aromatic heterocycles. The molecule has 1 rings (SSSR count). The Morgan fingerprint density at radius 3 is 2.59 bits per heavy atom. The fourth-order valence-corrected chi connectivity index (χ4v) is 5.61. The average molecular weight is 277 g/mol. The van der Waals surface area contributed by atoms with E-state index in [9.17, 15) is 0 Å². The van der Waals surface area contributed by atoms with Gasteiger partial charge in [0.1, 0.15) is 0 Å². The van der Waals surface area contributed by atoms with Crippen molar-refractivity contribution >= 4 is 23.5 Å². The monoisotopic (exact) mass is 277 g/mol. The first-order chi connectivity index (χ1) is 8.10. The SMILES string of the molecule is CNC(C(C)CCOC)C1CSC(C)C(C)S1. The molecular weight excluding hydrogens is 250 g/mol. The van der Waals surface area contributed by atoms with Crippen molar-refractivity contribution in [1.82, 2.24) is 5.32 Å². The molecule has 17 heavy (non-hydrogen) atoms. The summed E-state index contributed by atoms with van der Waals surface area (Å²) in [4.78, 5) is 0. The van der Waals surface area contributed by atoms with Crippen molar-refractivity contribution in [3.63, 3.8) is 0 Å². The molecule has 1 fully saturated rings. The van der Waals surface area contributed by atoms with E-state index in [1.807, 2.05) is 0 Å². The summed E-state index contributed by atoms with van der Waals surface area (Å²) in [6.45, 7) is 7.92. The number of hydrogen-bond donors (Lipinski definition) is 1. The van der Waals surface area contributed by atoms with Gasteiger partial charge in [0.05, 0.1) is 0 Å². The minimum atomic E-state index is 0.609. The van der Waals surface area contributed by atoms with E-state index in [1.165, 1.54) is 5.75 Å². The van der Waals surface area contributed by atoms with E-state index in [1.54, 1.807) is 7.11 Å². The summed E-state index contributed by atoms with van der Waals surface area (Å²) >= 11 is 4.29. The highest BCUT2D eigenvalue weighted by Crippen LogP contribution is 2.38. The van der Waals surface area contributed by atoms with E-state index >= 15 is 0 Å². The Bertz CT molecular complexity index is 216. The lowest BCUT2D eigenvalue weighted by Crippen LogP contribution is -2.45. The van der Waals surface area contributed by atoms with Crippen LogP contribution in [-0.2, 0) is 4.74 Å². The lowest BCUT2D eigenvalue weighted by molar-refractivity contribution is 0.171. The third-order valence-corrected chi connectivity index (χ3v) is 7.21. The molecular formula is C13H27NOS2. The number of methoxy groups -OCH3 is 1. The Hall–Kier alpha value is 0.620. The zero-order valence-electron chi connectivity index (χ0n) is 11.7. The maximum absolute atomic E-state index is 5.19. The largest absolute Gasteiger partial charge is 0.385 e. The number of thioether (sulfide) groups is 2. The zero-order valence-corrected chi connectivity index (χ0v) is 13.4. The smallest absolute Gasteiger partial charge is 0.0465 e. The molecule has 1 aliphatic heterocycles. The molecule has 0 aliphatic carbocycles. The molecule has 4 heteroatoms. The van der Waals surface area contributed by atoms with Gasteiger partial charge in [-0.05, 0) is 19.4 Å². The molecule has 0 amide bonds. The van der Waals surface area contributed by atoms with Gasteiger partial charge in [0, 0.05) is 41.3 Å². The Kier molecular flexibility index (Phi) is 7.31. The normalized spacial score (nSPS) is 33.4. The minimum Gasteiger partial charge on any atom is -0.385 e. The van der Waals surface area contributed by atoms with Crippen molar-refractivity contribution in [1.29, 1.82) is 0 Å². The molecule has 1 saturated heterocycles. The minimum absolute atomic E-state index is 0.609. The fourth-order valence-electron chi connectivity index (χ4n) is 2.32. The quantitative estimate of drug-likeness (QED) is 0.805. The molecule has 1 N–H and O–H groups in total. The highest BCUT2D eigenvalue weighted by atomic mass is 32.2. The van der Waals surface area contributed by atoms with Crippen LogP contribution < -0.4 is 5.32 Å². The molecule has 2 nitrogen and oxygen atoms in total. The Morgan fingerprint density at radius 1 is 1.35 bits per heavy atom. The van der Waals surface area contributed by atoms with E-state index < -0.39 is 0 Å². The number of hydrogen-bond acceptors (Lipinski definition) is 4. The lowest BCUT2D eigenvalue weighted by atomic mass is 9.96. The van der Waals surface area contributed by atoms with Gasteiger partial charge in [-0.1, -0.05) is 20.8 Å². The summed E-state index contributed by atoms with van der Waals surface area (Å²) in [7, 11) is 3.89. The van der Waals surface area contributed by atoms with Crippen LogP contribution in [0.25, 0.3) is 0 Å². The van der Waals surface area contributed by atoms with Crippen molar-refractivity contribution in [2.45, 2.75) is 49.0 Å². The maximum Gasteiger partial charge on any atom is 0.0465 e. The molecule has 5 atom stereocenters. The molecule has 0 spiro atoms. The van der Waals surface area contributed by atoms with Crippen LogP contribution in [0, 0.1) is 5.92 Å². The van der Waals surface area contributed by atoms with Crippen LogP contribution in [-0.4, -0.2) is 48.3 Å². The lowest BCUT2D eigenvalue weighted by Gasteiger charge is -2.38. The zero-order chi connectivity index (χ0) is 12.8. The van der Waals surface area contributed by atoms with Crippen molar-refractivity contribution in [2.24, 2.45) is 5.92 Å². The molecule has 0 aromatic rings. The number of nitrogens with one attached hydrogen (secondary N) is 1. The third-order valence-electron chi connectivity index (χ3n) is 3.70. The van der Waals surface area contributed by atoms with Crippen molar-refractivity contribution in [2.75, 3.05) is 26.5 Å². The van der Waals surface area contributed by atoms with Gasteiger partial charge in [-0.3, -0.25) is 0 Å². The number of rotatable bonds is 6. The van der Waals surface area contributed by atoms with Gasteiger partial charge in [-0.2, -0.15) is 23.5 Å². The van der Waals surface area contributed by atoms with Crippen molar-refractivity contribution < 1.29 is 4.74 Å². The summed E-state index contributed by atoms with van der Waals surface area (Å²) in [5, 5.41) is 5.83. The van der Waals surface area contributed by atoms with Gasteiger partial charge in [-0.15, -0.1) is 0 Å². The third kappa shape index (κ3) is 4.66. The van der Waals surface area contributed by atoms with Crippen LogP contribution in [0.1, 0.15) is 27.2 Å². The second-order valence-electron chi connectivity index (χ2n) is 4.99. The molecule has 102 valence electrons. The summed E-state index contributed by atoms with van der Waals surface area (Å²) in [5.41, 5.74) is 0. The van der Waals surface area contributed by atoms with E-state index in [0.29, 0.717) is 12.0 Å². The van der Waals surface area contributed by atoms with Gasteiger partial charge >= 0.3 is 0 Å². The van der Waals surface area contributed by atoms with Crippen LogP contribution in [0.3, 0.4) is 0 Å². The standard InChI is InChI=1S/C13H27NOS2/c1-9(6-7-15-5)13(14-4)12-8-16-10(2)11(3)17-12/h9-14H,6-8H2,1-5H3. The predicted molar refractivity (Wildman–Crippen MR) is 81.3 cm³/mol. The van der Waals surface area contributed by atoms with Gasteiger partial charge in [-0.25, -0.2) is 0 Å². The molecule has 0 saturated carbocycles. The summed E-state index contributed by atoms with van der Waals surface area (Å²) in [5.74, 6) is 1.96. The van der Waals surface area contributed by atoms with Gasteiger partial charge in [0.15, 0.2) is 0 Å². The maximum atomic E-state index is 5.19. The van der Waals surface area contributed by atoms with Gasteiger partial charge in [0.25, 0.3) is 0 Å². The topological polar surface area (TPSA) is 21.3 Å². The van der Waals surface area contributed by atoms with E-state index in [-0.39, 0.29) is 0 Å². The predicted octanol–water partition coefficient (Wildman–Crippen LogP) is 2.87. The average Bonchev–Trinajstić information content (AvgIpc) is 2.32. The summed E-state index contributed by atoms with van der Waals surface area (Å²) < 4.78 is 5.19. The first kappa shape index (κ1) is 15.7. The molecule has 1 heterocycles. The number of ether oxygens (including phenoxy) is 1. The second kappa shape index (κ2) is 7.93. The first-order valence-corrected chi connectivity index (χ1v) is 8.52. The Balaban J connectivity index is 2.49. The van der Waals surface area contributed by atoms with E-state index in [4.69, 9.17) is 4.74 Å². The molecule has 0 bridgehead atoms. The molecule has 0 radical (unpaired) electrons. The Morgan fingerprint density at radius 2 is 2.06 bits per heavy atom. The van der Waals surface area contributed by atoms with Gasteiger partial charge in [0.2, 0.25) is 0 Å². The first-order valence-electron chi connectivity index (χ1n) is 6.53. The molecule has 5 unspecified atom stereocenters. The molecule has 1 aliphatic rings. The highest BCUT2D eigenvalue weighted by molar-refractivity contribution is 8.07. The fraction of sp³-hybridized carbons (Fsp3) is 1.00. The second-order valence-corrected chi connectivity index (χ2v) is 8.02. The van der Waals surface area contributed by atoms with Crippen LogP contribution >= 0.6 is 23.5 Å². The van der Waals surface area contributed by atoms with Crippen LogP contribution in [0.4, 0.5) is 0 Å². The van der Waals surface area contributed by atoms with E-state index in [2.05, 4.69) is 56.7 Å². The van der Waals surface area contributed by atoms with Crippen molar-refractivity contribution in [3.8, 4) is 0 Å². The van der Waals surface area contributed by atoms with Crippen LogP contribution in [0.15, 0.2) is 0 Å². The summed E-state index contributed by atoms with van der Waals surface area (Å²) in [6.07, 6.45) is 1.15. The highest BCUT2D eigenvalue weighted by Gasteiger charge is 2.32. The van der Waals surface area contributed by atoms with Crippen LogP contribution in [0.5, 0.6) is 0 Å². The summed E-state index contributed by atoms with van der Waals surface area (Å²) in [6, 6.07) is 0.609. The van der Waals surface area contributed by atoms with Crippen molar-refractivity contribution in [3.05, 3.63) is 0 Å². The Labute approximate surface area is 115 Å². The molecule has 0 aromatic carbocycles.